The quantitative estimate of drug-likeness (QED) is 0.602. The van der Waals surface area contributed by atoms with Crippen LogP contribution in [0.25, 0.3) is 0 Å². The zero-order chi connectivity index (χ0) is 16.7. The van der Waals surface area contributed by atoms with E-state index in [1.807, 2.05) is 19.1 Å². The van der Waals surface area contributed by atoms with Gasteiger partial charge in [-0.3, -0.25) is 20.0 Å². The maximum Gasteiger partial charge on any atom is 0.234 e. The van der Waals surface area contributed by atoms with E-state index in [-0.39, 0.29) is 24.4 Å². The van der Waals surface area contributed by atoms with Crippen LogP contribution in [-0.2, 0) is 16.1 Å². The van der Waals surface area contributed by atoms with Crippen LogP contribution in [0.1, 0.15) is 31.3 Å². The van der Waals surface area contributed by atoms with E-state index in [2.05, 4.69) is 31.1 Å². The van der Waals surface area contributed by atoms with Crippen molar-refractivity contribution in [3.63, 3.8) is 0 Å². The van der Waals surface area contributed by atoms with Crippen LogP contribution in [0, 0.1) is 0 Å². The number of nitrogens with one attached hydrogen (secondary N) is 4. The van der Waals surface area contributed by atoms with Gasteiger partial charge in [-0.05, 0) is 24.6 Å². The Labute approximate surface area is 134 Å². The average molecular weight is 316 g/mol. The van der Waals surface area contributed by atoms with Gasteiger partial charge in [0.2, 0.25) is 11.8 Å². The lowest BCUT2D eigenvalue weighted by molar-refractivity contribution is -0.120. The molecule has 1 atom stereocenters. The fourth-order valence-corrected chi connectivity index (χ4v) is 1.94. The summed E-state index contributed by atoms with van der Waals surface area (Å²) in [6.07, 6.45) is 1.43. The van der Waals surface area contributed by atoms with Crippen molar-refractivity contribution in [1.82, 2.24) is 25.8 Å². The zero-order valence-corrected chi connectivity index (χ0v) is 13.1. The molecule has 8 nitrogen and oxygen atoms in total. The van der Waals surface area contributed by atoms with Gasteiger partial charge in [0.15, 0.2) is 0 Å². The fraction of sp³-hybridized carbons (Fsp3) is 0.333. The van der Waals surface area contributed by atoms with Gasteiger partial charge in [0.25, 0.3) is 0 Å². The summed E-state index contributed by atoms with van der Waals surface area (Å²) in [6.45, 7) is 3.97. The average Bonchev–Trinajstić information content (AvgIpc) is 3.06. The molecular weight excluding hydrogens is 296 g/mol. The molecule has 0 radical (unpaired) electrons. The Morgan fingerprint density at radius 1 is 1.26 bits per heavy atom. The van der Waals surface area contributed by atoms with Gasteiger partial charge in [-0.1, -0.05) is 12.1 Å². The number of benzene rings is 1. The molecule has 0 spiro atoms. The molecule has 0 saturated heterocycles. The monoisotopic (exact) mass is 316 g/mol. The van der Waals surface area contributed by atoms with E-state index >= 15 is 0 Å². The molecule has 0 aliphatic carbocycles. The highest BCUT2D eigenvalue weighted by molar-refractivity contribution is 5.88. The Balaban J connectivity index is 1.72. The van der Waals surface area contributed by atoms with Gasteiger partial charge >= 0.3 is 0 Å². The number of amides is 2. The van der Waals surface area contributed by atoms with E-state index in [0.29, 0.717) is 12.4 Å². The first-order valence-corrected chi connectivity index (χ1v) is 7.26. The number of carbonyl (C=O) groups is 2. The van der Waals surface area contributed by atoms with Gasteiger partial charge in [-0.2, -0.15) is 5.10 Å². The van der Waals surface area contributed by atoms with Crippen LogP contribution < -0.4 is 16.0 Å². The van der Waals surface area contributed by atoms with Crippen molar-refractivity contribution in [3.8, 4) is 0 Å². The number of hydrogen-bond donors (Lipinski definition) is 4. The summed E-state index contributed by atoms with van der Waals surface area (Å²) >= 11 is 0. The standard InChI is InChI=1S/C15H20N6O2/c1-10(15-18-9-19-21-15)16-8-14(23)17-7-12-3-5-13(6-4-12)20-11(2)22/h3-6,9-10,16H,7-8H2,1-2H3,(H,17,23)(H,20,22)(H,18,19,21)/t10-/m1/s1. The second-order valence-corrected chi connectivity index (χ2v) is 5.13. The van der Waals surface area contributed by atoms with Crippen LogP contribution in [0.2, 0.25) is 0 Å². The van der Waals surface area contributed by atoms with E-state index in [1.165, 1.54) is 13.3 Å². The molecule has 2 aromatic rings. The maximum absolute atomic E-state index is 11.8. The van der Waals surface area contributed by atoms with Crippen molar-refractivity contribution < 1.29 is 9.59 Å². The second-order valence-electron chi connectivity index (χ2n) is 5.13. The van der Waals surface area contributed by atoms with Crippen molar-refractivity contribution in [1.29, 1.82) is 0 Å². The Hall–Kier alpha value is -2.74. The Morgan fingerprint density at radius 2 is 2.00 bits per heavy atom. The molecule has 1 aromatic heterocycles. The number of hydrogen-bond acceptors (Lipinski definition) is 5. The minimum Gasteiger partial charge on any atom is -0.351 e. The van der Waals surface area contributed by atoms with Gasteiger partial charge in [0, 0.05) is 19.2 Å². The third kappa shape index (κ3) is 5.51. The molecule has 0 aliphatic heterocycles. The van der Waals surface area contributed by atoms with E-state index < -0.39 is 0 Å². The van der Waals surface area contributed by atoms with E-state index in [0.717, 1.165) is 11.3 Å². The Kier molecular flexibility index (Phi) is 5.81. The molecule has 23 heavy (non-hydrogen) atoms. The lowest BCUT2D eigenvalue weighted by Gasteiger charge is -2.11. The summed E-state index contributed by atoms with van der Waals surface area (Å²) in [4.78, 5) is 26.8. The van der Waals surface area contributed by atoms with Crippen LogP contribution in [0.5, 0.6) is 0 Å². The Morgan fingerprint density at radius 3 is 2.61 bits per heavy atom. The number of nitrogens with zero attached hydrogens (tertiary/aromatic N) is 2. The molecule has 0 unspecified atom stereocenters. The first kappa shape index (κ1) is 16.6. The van der Waals surface area contributed by atoms with Crippen LogP contribution in [0.4, 0.5) is 5.69 Å². The summed E-state index contributed by atoms with van der Waals surface area (Å²) in [5.74, 6) is 0.465. The topological polar surface area (TPSA) is 112 Å². The highest BCUT2D eigenvalue weighted by Gasteiger charge is 2.09. The molecule has 4 N–H and O–H groups in total. The number of rotatable bonds is 7. The van der Waals surface area contributed by atoms with Crippen LogP contribution >= 0.6 is 0 Å². The minimum absolute atomic E-state index is 0.0832. The largest absolute Gasteiger partial charge is 0.351 e. The number of H-pyrrole nitrogens is 1. The maximum atomic E-state index is 11.8. The molecule has 8 heteroatoms. The van der Waals surface area contributed by atoms with Gasteiger partial charge < -0.3 is 10.6 Å². The van der Waals surface area contributed by atoms with Crippen molar-refractivity contribution >= 4 is 17.5 Å². The van der Waals surface area contributed by atoms with E-state index in [9.17, 15) is 9.59 Å². The number of aromatic amines is 1. The smallest absolute Gasteiger partial charge is 0.234 e. The van der Waals surface area contributed by atoms with Crippen LogP contribution in [0.15, 0.2) is 30.6 Å². The predicted octanol–water partition coefficient (Wildman–Crippen LogP) is 0.730. The van der Waals surface area contributed by atoms with Crippen LogP contribution in [-0.4, -0.2) is 33.5 Å². The molecule has 2 amide bonds. The Bertz CT molecular complexity index is 638. The molecule has 1 heterocycles. The zero-order valence-electron chi connectivity index (χ0n) is 13.1. The third-order valence-electron chi connectivity index (χ3n) is 3.18. The van der Waals surface area contributed by atoms with E-state index in [4.69, 9.17) is 0 Å². The first-order chi connectivity index (χ1) is 11.0. The summed E-state index contributed by atoms with van der Waals surface area (Å²) in [7, 11) is 0. The van der Waals surface area contributed by atoms with Gasteiger partial charge in [-0.25, -0.2) is 4.98 Å². The summed E-state index contributed by atoms with van der Waals surface area (Å²) in [6, 6.07) is 7.23. The van der Waals surface area contributed by atoms with Crippen molar-refractivity contribution in [2.45, 2.75) is 26.4 Å². The van der Waals surface area contributed by atoms with Crippen molar-refractivity contribution in [3.05, 3.63) is 42.0 Å². The number of aromatic nitrogens is 3. The molecule has 0 bridgehead atoms. The molecule has 122 valence electrons. The van der Waals surface area contributed by atoms with Crippen molar-refractivity contribution in [2.24, 2.45) is 0 Å². The highest BCUT2D eigenvalue weighted by atomic mass is 16.2. The third-order valence-corrected chi connectivity index (χ3v) is 3.18. The lowest BCUT2D eigenvalue weighted by Crippen LogP contribution is -2.35. The summed E-state index contributed by atoms with van der Waals surface area (Å²) in [5, 5.41) is 15.1. The molecule has 0 saturated carbocycles. The SMILES string of the molecule is CC(=O)Nc1ccc(CNC(=O)CN[C@H](C)c2ncn[nH]2)cc1. The van der Waals surface area contributed by atoms with E-state index in [1.54, 1.807) is 12.1 Å². The molecule has 1 aromatic carbocycles. The second kappa shape index (κ2) is 8.04. The van der Waals surface area contributed by atoms with Gasteiger partial charge in [0.05, 0.1) is 12.6 Å². The predicted molar refractivity (Wildman–Crippen MR) is 85.4 cm³/mol. The normalized spacial score (nSPS) is 11.7. The molecular formula is C15H20N6O2. The molecule has 0 fully saturated rings. The first-order valence-electron chi connectivity index (χ1n) is 7.26. The minimum atomic E-state index is -0.113. The molecule has 0 aliphatic rings. The lowest BCUT2D eigenvalue weighted by atomic mass is 10.2. The highest BCUT2D eigenvalue weighted by Crippen LogP contribution is 2.09. The number of anilines is 1. The van der Waals surface area contributed by atoms with Gasteiger partial charge in [-0.15, -0.1) is 0 Å². The summed E-state index contributed by atoms with van der Waals surface area (Å²) < 4.78 is 0. The number of carbonyl (C=O) groups excluding carboxylic acids is 2. The summed E-state index contributed by atoms with van der Waals surface area (Å²) in [5.41, 5.74) is 1.69. The molecule has 2 rings (SSSR count). The van der Waals surface area contributed by atoms with Crippen molar-refractivity contribution in [2.75, 3.05) is 11.9 Å². The van der Waals surface area contributed by atoms with Crippen LogP contribution in [0.3, 0.4) is 0 Å². The fourth-order valence-electron chi connectivity index (χ4n) is 1.94. The van der Waals surface area contributed by atoms with Gasteiger partial charge in [0.1, 0.15) is 12.2 Å².